The Kier molecular flexibility index (Phi) is 4.40. The molecule has 2 rings (SSSR count). The third-order valence-electron chi connectivity index (χ3n) is 3.05. The van der Waals surface area contributed by atoms with Gasteiger partial charge in [0, 0.05) is 31.5 Å². The molecule has 0 saturated carbocycles. The molecule has 4 nitrogen and oxygen atoms in total. The summed E-state index contributed by atoms with van der Waals surface area (Å²) in [6, 6.07) is 0. The normalized spacial score (nSPS) is 20.5. The van der Waals surface area contributed by atoms with E-state index in [0.717, 1.165) is 44.1 Å². The van der Waals surface area contributed by atoms with Crippen molar-refractivity contribution in [3.63, 3.8) is 0 Å². The fraction of sp³-hybridized carbons (Fsp3) is 0.786. The van der Waals surface area contributed by atoms with Gasteiger partial charge in [0.2, 0.25) is 0 Å². The lowest BCUT2D eigenvalue weighted by Gasteiger charge is -2.19. The van der Waals surface area contributed by atoms with Gasteiger partial charge in [-0.3, -0.25) is 0 Å². The lowest BCUT2D eigenvalue weighted by atomic mass is 10.1. The summed E-state index contributed by atoms with van der Waals surface area (Å²) in [7, 11) is 0. The molecule has 0 aliphatic carbocycles. The maximum absolute atomic E-state index is 5.73. The molecule has 1 fully saturated rings. The Labute approximate surface area is 109 Å². The second-order valence-electron chi connectivity index (χ2n) is 5.99. The van der Waals surface area contributed by atoms with Crippen LogP contribution in [0.1, 0.15) is 45.3 Å². The van der Waals surface area contributed by atoms with E-state index in [1.54, 1.807) is 0 Å². The predicted molar refractivity (Wildman–Crippen MR) is 70.6 cm³/mol. The quantitative estimate of drug-likeness (QED) is 0.873. The first kappa shape index (κ1) is 13.6. The van der Waals surface area contributed by atoms with Crippen molar-refractivity contribution in [2.24, 2.45) is 0 Å². The van der Waals surface area contributed by atoms with E-state index < -0.39 is 0 Å². The Morgan fingerprint density at radius 2 is 2.28 bits per heavy atom. The number of nitrogens with zero attached hydrogens (tertiary/aromatic N) is 1. The predicted octanol–water partition coefficient (Wildman–Crippen LogP) is 2.33. The van der Waals surface area contributed by atoms with Gasteiger partial charge in [0.1, 0.15) is 5.76 Å². The van der Waals surface area contributed by atoms with Crippen molar-refractivity contribution in [2.45, 2.75) is 58.1 Å². The summed E-state index contributed by atoms with van der Waals surface area (Å²) < 4.78 is 11.3. The van der Waals surface area contributed by atoms with Crippen LogP contribution in [0, 0.1) is 0 Å². The molecule has 0 bridgehead atoms. The van der Waals surface area contributed by atoms with Crippen LogP contribution in [-0.2, 0) is 17.6 Å². The minimum Gasteiger partial charge on any atom is -0.446 e. The van der Waals surface area contributed by atoms with Gasteiger partial charge in [-0.2, -0.15) is 0 Å². The molecule has 1 aliphatic rings. The number of aromatic nitrogens is 1. The van der Waals surface area contributed by atoms with E-state index in [-0.39, 0.29) is 5.54 Å². The number of ether oxygens (including phenoxy) is 1. The Morgan fingerprint density at radius 3 is 2.94 bits per heavy atom. The minimum absolute atomic E-state index is 0.146. The number of hydrogen-bond donors (Lipinski definition) is 1. The monoisotopic (exact) mass is 252 g/mol. The molecule has 0 spiro atoms. The number of nitrogens with one attached hydrogen (secondary N) is 1. The molecule has 0 radical (unpaired) electrons. The van der Waals surface area contributed by atoms with Crippen molar-refractivity contribution in [3.05, 3.63) is 17.8 Å². The van der Waals surface area contributed by atoms with Crippen LogP contribution in [0.3, 0.4) is 0 Å². The fourth-order valence-corrected chi connectivity index (χ4v) is 2.13. The molecular weight excluding hydrogens is 228 g/mol. The van der Waals surface area contributed by atoms with Gasteiger partial charge in [0.05, 0.1) is 12.3 Å². The van der Waals surface area contributed by atoms with Gasteiger partial charge < -0.3 is 14.5 Å². The van der Waals surface area contributed by atoms with E-state index in [1.807, 2.05) is 6.20 Å². The number of oxazole rings is 1. The van der Waals surface area contributed by atoms with Crippen LogP contribution in [0.2, 0.25) is 0 Å². The van der Waals surface area contributed by atoms with E-state index in [1.165, 1.54) is 6.42 Å². The molecule has 1 N–H and O–H groups in total. The maximum Gasteiger partial charge on any atom is 0.195 e. The standard InChI is InChI=1S/C14H24N2O2/c1-14(2,3)16-7-6-13-15-10-12(18-13)9-11-5-4-8-17-11/h10-11,16H,4-9H2,1-3H3. The highest BCUT2D eigenvalue weighted by atomic mass is 16.5. The third kappa shape index (κ3) is 4.42. The molecule has 1 aromatic heterocycles. The highest BCUT2D eigenvalue weighted by Gasteiger charge is 2.18. The molecule has 1 atom stereocenters. The maximum atomic E-state index is 5.73. The van der Waals surface area contributed by atoms with Crippen molar-refractivity contribution in [1.82, 2.24) is 10.3 Å². The molecule has 1 aliphatic heterocycles. The van der Waals surface area contributed by atoms with Gasteiger partial charge >= 0.3 is 0 Å². The molecule has 1 aromatic rings. The molecule has 1 unspecified atom stereocenters. The molecule has 18 heavy (non-hydrogen) atoms. The fourth-order valence-electron chi connectivity index (χ4n) is 2.13. The molecule has 0 amide bonds. The Balaban J connectivity index is 1.75. The minimum atomic E-state index is 0.146. The topological polar surface area (TPSA) is 47.3 Å². The molecule has 1 saturated heterocycles. The zero-order chi connectivity index (χ0) is 13.0. The first-order chi connectivity index (χ1) is 8.53. The molecular formula is C14H24N2O2. The highest BCUT2D eigenvalue weighted by molar-refractivity contribution is 4.97. The average molecular weight is 252 g/mol. The van der Waals surface area contributed by atoms with Crippen LogP contribution in [0.5, 0.6) is 0 Å². The second kappa shape index (κ2) is 5.85. The van der Waals surface area contributed by atoms with Crippen LogP contribution in [0.25, 0.3) is 0 Å². The molecule has 102 valence electrons. The lowest BCUT2D eigenvalue weighted by Crippen LogP contribution is -2.37. The van der Waals surface area contributed by atoms with Gasteiger partial charge in [0.25, 0.3) is 0 Å². The van der Waals surface area contributed by atoms with Gasteiger partial charge in [-0.1, -0.05) is 0 Å². The van der Waals surface area contributed by atoms with Gasteiger partial charge in [-0.15, -0.1) is 0 Å². The van der Waals surface area contributed by atoms with Crippen LogP contribution >= 0.6 is 0 Å². The van der Waals surface area contributed by atoms with Crippen molar-refractivity contribution < 1.29 is 9.15 Å². The average Bonchev–Trinajstić information content (AvgIpc) is 2.89. The third-order valence-corrected chi connectivity index (χ3v) is 3.05. The van der Waals surface area contributed by atoms with Crippen LogP contribution in [0.15, 0.2) is 10.6 Å². The van der Waals surface area contributed by atoms with Gasteiger partial charge in [-0.25, -0.2) is 4.98 Å². The lowest BCUT2D eigenvalue weighted by molar-refractivity contribution is 0.106. The van der Waals surface area contributed by atoms with Crippen molar-refractivity contribution in [1.29, 1.82) is 0 Å². The molecule has 4 heteroatoms. The molecule has 0 aromatic carbocycles. The zero-order valence-corrected chi connectivity index (χ0v) is 11.7. The number of rotatable bonds is 5. The van der Waals surface area contributed by atoms with Gasteiger partial charge in [0.15, 0.2) is 5.89 Å². The van der Waals surface area contributed by atoms with Gasteiger partial charge in [-0.05, 0) is 33.6 Å². The van der Waals surface area contributed by atoms with Crippen molar-refractivity contribution in [2.75, 3.05) is 13.2 Å². The zero-order valence-electron chi connectivity index (χ0n) is 11.7. The van der Waals surface area contributed by atoms with E-state index >= 15 is 0 Å². The van der Waals surface area contributed by atoms with E-state index in [9.17, 15) is 0 Å². The summed E-state index contributed by atoms with van der Waals surface area (Å²) in [4.78, 5) is 4.32. The highest BCUT2D eigenvalue weighted by Crippen LogP contribution is 2.17. The Hall–Kier alpha value is -0.870. The second-order valence-corrected chi connectivity index (χ2v) is 5.99. The summed E-state index contributed by atoms with van der Waals surface area (Å²) in [6.45, 7) is 8.26. The Morgan fingerprint density at radius 1 is 1.44 bits per heavy atom. The smallest absolute Gasteiger partial charge is 0.195 e. The van der Waals surface area contributed by atoms with E-state index in [2.05, 4.69) is 31.1 Å². The number of hydrogen-bond acceptors (Lipinski definition) is 4. The first-order valence-corrected chi connectivity index (χ1v) is 6.83. The summed E-state index contributed by atoms with van der Waals surface area (Å²) in [5.41, 5.74) is 0.146. The largest absolute Gasteiger partial charge is 0.446 e. The van der Waals surface area contributed by atoms with Crippen molar-refractivity contribution >= 4 is 0 Å². The van der Waals surface area contributed by atoms with Crippen LogP contribution in [-0.4, -0.2) is 29.8 Å². The summed E-state index contributed by atoms with van der Waals surface area (Å²) >= 11 is 0. The van der Waals surface area contributed by atoms with Crippen LogP contribution in [0.4, 0.5) is 0 Å². The molecule has 2 heterocycles. The first-order valence-electron chi connectivity index (χ1n) is 6.83. The Bertz CT molecular complexity index is 362. The summed E-state index contributed by atoms with van der Waals surface area (Å²) in [6.07, 6.45) is 6.18. The SMILES string of the molecule is CC(C)(C)NCCc1ncc(CC2CCCO2)o1. The van der Waals surface area contributed by atoms with E-state index in [0.29, 0.717) is 6.10 Å². The summed E-state index contributed by atoms with van der Waals surface area (Å²) in [5, 5.41) is 3.43. The van der Waals surface area contributed by atoms with Crippen LogP contribution < -0.4 is 5.32 Å². The van der Waals surface area contributed by atoms with E-state index in [4.69, 9.17) is 9.15 Å². The van der Waals surface area contributed by atoms with Crippen molar-refractivity contribution in [3.8, 4) is 0 Å². The summed E-state index contributed by atoms with van der Waals surface area (Å²) in [5.74, 6) is 1.77.